The quantitative estimate of drug-likeness (QED) is 0.0470. The summed E-state index contributed by atoms with van der Waals surface area (Å²) >= 11 is 0. The summed E-state index contributed by atoms with van der Waals surface area (Å²) in [7, 11) is -7.51. The van der Waals surface area contributed by atoms with Gasteiger partial charge in [0.15, 0.2) is 56.3 Å². The van der Waals surface area contributed by atoms with Crippen molar-refractivity contribution in [1.82, 2.24) is 28.6 Å². The molecule has 2 aromatic heterocycles. The van der Waals surface area contributed by atoms with Gasteiger partial charge in [-0.25, -0.2) is 60.7 Å². The van der Waals surface area contributed by atoms with Gasteiger partial charge in [0.1, 0.15) is 17.8 Å². The molecule has 0 bridgehead atoms. The number of fused-ring (bicyclic) bond motifs is 2. The number of hydrogen-bond acceptors (Lipinski definition) is 9. The van der Waals surface area contributed by atoms with Crippen LogP contribution in [0.2, 0.25) is 0 Å². The topological polar surface area (TPSA) is 171 Å². The van der Waals surface area contributed by atoms with Gasteiger partial charge in [0.25, 0.3) is 0 Å². The van der Waals surface area contributed by atoms with Crippen LogP contribution in [0.3, 0.4) is 0 Å². The van der Waals surface area contributed by atoms with Crippen molar-refractivity contribution in [3.63, 3.8) is 0 Å². The Labute approximate surface area is 549 Å². The minimum Gasteiger partial charge on any atom is -0.497 e. The zero-order chi connectivity index (χ0) is 68.4. The Morgan fingerprint density at radius 2 is 0.906 bits per heavy atom. The van der Waals surface area contributed by atoms with Crippen LogP contribution in [0, 0.1) is 58.2 Å². The summed E-state index contributed by atoms with van der Waals surface area (Å²) in [6, 6.07) is 30.0. The average Bonchev–Trinajstić information content (AvgIpc) is 0.864. The zero-order valence-electron chi connectivity index (χ0n) is 52.1. The summed E-state index contributed by atoms with van der Waals surface area (Å²) in [6.45, 7) is 2.78. The van der Waals surface area contributed by atoms with E-state index in [1.54, 1.807) is 60.6 Å². The number of likely N-dealkylation sites (N-methyl/N-ethyl adjacent to an activating group) is 2. The van der Waals surface area contributed by atoms with Crippen molar-refractivity contribution in [2.45, 2.75) is 139 Å². The number of aromatic amines is 1. The summed E-state index contributed by atoms with van der Waals surface area (Å²) in [5.74, 6) is -24.7. The molecule has 0 unspecified atom stereocenters. The molecule has 1 N–H and O–H groups in total. The van der Waals surface area contributed by atoms with Gasteiger partial charge in [-0.3, -0.25) is 19.4 Å². The molecule has 0 aliphatic heterocycles. The van der Waals surface area contributed by atoms with E-state index in [0.29, 0.717) is 60.4 Å². The van der Waals surface area contributed by atoms with Crippen LogP contribution in [-0.2, 0) is 49.3 Å². The van der Waals surface area contributed by atoms with Gasteiger partial charge in [0, 0.05) is 36.2 Å². The predicted molar refractivity (Wildman–Crippen MR) is 343 cm³/mol. The first-order chi connectivity index (χ1) is 45.2. The smallest absolute Gasteiger partial charge is 0.249 e. The van der Waals surface area contributed by atoms with Crippen LogP contribution in [-0.4, -0.2) is 90.5 Å². The number of benzene rings is 7. The molecule has 2 fully saturated rings. The maximum atomic E-state index is 14.7. The molecule has 0 radical (unpaired) electrons. The number of hydrogen-bond donors (Lipinski definition) is 1. The third-order valence-electron chi connectivity index (χ3n) is 17.9. The van der Waals surface area contributed by atoms with Gasteiger partial charge < -0.3 is 14.5 Å². The van der Waals surface area contributed by atoms with E-state index in [4.69, 9.17) is 4.74 Å². The highest BCUT2D eigenvalue weighted by Crippen LogP contribution is 2.37. The maximum Gasteiger partial charge on any atom is 0.249 e. The van der Waals surface area contributed by atoms with Crippen molar-refractivity contribution in [3.05, 3.63) is 208 Å². The zero-order valence-corrected chi connectivity index (χ0v) is 53.8. The molecule has 2 atom stereocenters. The Balaban J connectivity index is 0.000000227. The number of methoxy groups -OCH3 is 1. The van der Waals surface area contributed by atoms with Crippen molar-refractivity contribution >= 4 is 65.0 Å². The number of carbonyl (C=O) groups is 2. The fourth-order valence-electron chi connectivity index (χ4n) is 12.1. The molecule has 96 heavy (non-hydrogen) atoms. The molecule has 2 aliphatic carbocycles. The highest BCUT2D eigenvalue weighted by Gasteiger charge is 2.42. The summed E-state index contributed by atoms with van der Waals surface area (Å²) in [5.41, 5.74) is 7.00. The van der Waals surface area contributed by atoms with Gasteiger partial charge in [-0.15, -0.1) is 0 Å². The molecule has 11 rings (SSSR count). The van der Waals surface area contributed by atoms with E-state index in [2.05, 4.69) is 15.3 Å². The molecule has 7 aromatic carbocycles. The van der Waals surface area contributed by atoms with Gasteiger partial charge >= 0.3 is 0 Å². The second-order valence-corrected chi connectivity index (χ2v) is 27.6. The van der Waals surface area contributed by atoms with E-state index < -0.39 is 112 Å². The van der Waals surface area contributed by atoms with Gasteiger partial charge in [0.2, 0.25) is 43.5 Å². The van der Waals surface area contributed by atoms with Gasteiger partial charge in [0.05, 0.1) is 50.2 Å². The maximum absolute atomic E-state index is 14.7. The number of amides is 2. The van der Waals surface area contributed by atoms with Crippen molar-refractivity contribution in [1.29, 1.82) is 0 Å². The van der Waals surface area contributed by atoms with Crippen LogP contribution >= 0.6 is 0 Å². The molecule has 0 saturated heterocycles. The predicted octanol–water partition coefficient (Wildman–Crippen LogP) is 15.3. The Kier molecular flexibility index (Phi) is 22.2. The summed E-state index contributed by atoms with van der Waals surface area (Å²) < 4.78 is 202. The number of nitrogens with zero attached hydrogens (tertiary/aromatic N) is 7. The number of nitrogens with one attached hydrogen (secondary N) is 1. The average molecular weight is 1380 g/mol. The fraction of sp³-hybridized carbons (Fsp3) is 0.333. The number of sulfonamides is 2. The van der Waals surface area contributed by atoms with E-state index in [1.807, 2.05) is 72.8 Å². The Morgan fingerprint density at radius 1 is 0.521 bits per heavy atom. The Morgan fingerprint density at radius 3 is 1.32 bits per heavy atom. The summed E-state index contributed by atoms with van der Waals surface area (Å²) in [6.07, 6.45) is 14.7. The second-order valence-electron chi connectivity index (χ2n) is 23.7. The first kappa shape index (κ1) is 71.6. The van der Waals surface area contributed by atoms with Crippen molar-refractivity contribution in [2.75, 3.05) is 31.0 Å². The number of aromatic nitrogens is 4. The molecule has 2 heterocycles. The van der Waals surface area contributed by atoms with Crippen LogP contribution in [0.25, 0.3) is 21.8 Å². The monoisotopic (exact) mass is 1380 g/mol. The number of carbonyl (C=O) groups excluding carboxylic acids is 2. The largest absolute Gasteiger partial charge is 0.497 e. The minimum atomic E-state index is -5.41. The van der Waals surface area contributed by atoms with Gasteiger partial charge in [-0.2, -0.15) is 18.8 Å². The number of anilines is 2. The van der Waals surface area contributed by atoms with Crippen molar-refractivity contribution < 1.29 is 75.1 Å². The molecule has 2 aliphatic rings. The molecule has 2 saturated carbocycles. The molecule has 2 amide bonds. The molecular weight excluding hydrogens is 1310 g/mol. The van der Waals surface area contributed by atoms with E-state index in [0.717, 1.165) is 74.8 Å². The number of H-pyrrole nitrogens is 1. The lowest BCUT2D eigenvalue weighted by atomic mass is 9.84. The van der Waals surface area contributed by atoms with Gasteiger partial charge in [-0.05, 0) is 128 Å². The molecule has 0 spiro atoms. The number of halogens is 10. The van der Waals surface area contributed by atoms with Crippen LogP contribution in [0.1, 0.15) is 125 Å². The lowest BCUT2D eigenvalue weighted by Gasteiger charge is -2.31. The van der Waals surface area contributed by atoms with E-state index in [9.17, 15) is 70.3 Å². The standard InChI is InChI=1S/C38H37F5N4O4S.C30H29F5N4O3S.CH4/c1-23(45(2)52(49,50)37-35(42)33(40)32(39)34(41)36(37)43)38(48)46(21-24-9-13-27(14-10-24)26-7-5-4-6-8-26)29-15-18-31-28(19-29)20-44-47(31)22-25-11-16-30(51-3)17-12-25;1-17(38(2)43(41,42)29-27(34)25(32)24(31)26(33)28(29)35)30(40)39(22-12-13-23-21(14-22)15-36-37-23)16-18-8-10-20(11-9-18)19-6-4-3-5-7-19;/h9-20,23,26H,4-8,21-22H2,1-3H3;8-15,17,19H,3-7,16H2,1-2H3,(H,36,37);1H4/t23-;17-;/m11./s1. The van der Waals surface area contributed by atoms with Crippen LogP contribution in [0.15, 0.2) is 131 Å². The second kappa shape index (κ2) is 29.8. The lowest BCUT2D eigenvalue weighted by Crippen LogP contribution is -2.48. The van der Waals surface area contributed by atoms with Crippen LogP contribution in [0.4, 0.5) is 55.3 Å². The number of rotatable bonds is 19. The van der Waals surface area contributed by atoms with Crippen molar-refractivity contribution in [3.8, 4) is 5.75 Å². The SMILES string of the molecule is C.COc1ccc(Cn2ncc3cc(N(Cc4ccc(C5CCCCC5)cc4)C(=O)[C@@H](C)N(C)S(=O)(=O)c4c(F)c(F)c(F)c(F)c4F)ccc32)cc1.C[C@H](C(=O)N(Cc1ccc(C2CCCCC2)cc1)c1ccc2[nH]ncc2c1)N(C)S(=O)(=O)c1c(F)c(F)c(F)c(F)c1F. The van der Waals surface area contributed by atoms with E-state index >= 15 is 0 Å². The number of ether oxygens (including phenoxy) is 1. The molecule has 15 nitrogen and oxygen atoms in total. The normalized spacial score (nSPS) is 14.7. The summed E-state index contributed by atoms with van der Waals surface area (Å²) in [4.78, 5) is 26.7. The minimum absolute atomic E-state index is 0. The summed E-state index contributed by atoms with van der Waals surface area (Å²) in [5, 5.41) is 12.6. The van der Waals surface area contributed by atoms with Crippen LogP contribution in [0.5, 0.6) is 5.75 Å². The molecule has 9 aromatic rings. The Hall–Kier alpha value is -8.66. The van der Waals surface area contributed by atoms with Crippen molar-refractivity contribution in [2.24, 2.45) is 0 Å². The third kappa shape index (κ3) is 14.5. The van der Waals surface area contributed by atoms with E-state index in [-0.39, 0.29) is 20.5 Å². The highest BCUT2D eigenvalue weighted by molar-refractivity contribution is 7.89. The van der Waals surface area contributed by atoms with E-state index in [1.165, 1.54) is 60.5 Å². The molecular formula is C69H70F10N8O7S2. The van der Waals surface area contributed by atoms with Crippen LogP contribution < -0.4 is 14.5 Å². The van der Waals surface area contributed by atoms with Gasteiger partial charge in [-0.1, -0.05) is 107 Å². The first-order valence-electron chi connectivity index (χ1n) is 30.5. The first-order valence-corrected chi connectivity index (χ1v) is 33.4. The molecule has 27 heteroatoms. The fourth-order valence-corrected chi connectivity index (χ4v) is 14.9. The third-order valence-corrected chi connectivity index (χ3v) is 21.8. The highest BCUT2D eigenvalue weighted by atomic mass is 32.2. The Bertz CT molecular complexity index is 4490. The molecule has 510 valence electrons. The lowest BCUT2D eigenvalue weighted by molar-refractivity contribution is -0.122.